The largest absolute Gasteiger partial charge is 0.391 e. The van der Waals surface area contributed by atoms with Crippen LogP contribution in [0.1, 0.15) is 50.5 Å². The zero-order valence-electron chi connectivity index (χ0n) is 21.4. The van der Waals surface area contributed by atoms with E-state index in [1.165, 1.54) is 24.3 Å². The van der Waals surface area contributed by atoms with Gasteiger partial charge in [-0.2, -0.15) is 0 Å². The van der Waals surface area contributed by atoms with Crippen LogP contribution in [0.2, 0.25) is 0 Å². The first kappa shape index (κ1) is 27.6. The number of aliphatic hydroxyl groups is 2. The topological polar surface area (TPSA) is 96.0 Å². The van der Waals surface area contributed by atoms with Crippen LogP contribution in [0.15, 0.2) is 42.5 Å². The highest BCUT2D eigenvalue weighted by atomic mass is 19.1. The molecule has 4 rings (SSSR count). The van der Waals surface area contributed by atoms with Crippen LogP contribution in [0.4, 0.5) is 8.78 Å². The number of piperidine rings is 1. The van der Waals surface area contributed by atoms with Gasteiger partial charge in [0.25, 0.3) is 0 Å². The summed E-state index contributed by atoms with van der Waals surface area (Å²) in [6.45, 7) is 1.42. The molecule has 1 aliphatic carbocycles. The Hall–Kier alpha value is -2.39. The molecule has 1 unspecified atom stereocenters. The second-order valence-electron chi connectivity index (χ2n) is 10.6. The predicted molar refractivity (Wildman–Crippen MR) is 137 cm³/mol. The van der Waals surface area contributed by atoms with Gasteiger partial charge in [-0.05, 0) is 74.3 Å². The molecule has 1 aliphatic heterocycles. The van der Waals surface area contributed by atoms with Crippen LogP contribution in [0.25, 0.3) is 11.1 Å². The zero-order valence-corrected chi connectivity index (χ0v) is 21.4. The highest BCUT2D eigenvalue weighted by molar-refractivity contribution is 5.79. The normalized spacial score (nSPS) is 25.7. The lowest BCUT2D eigenvalue weighted by molar-refractivity contribution is -0.141. The fraction of sp³-hybridized carbons (Fsp3) is 0.552. The third-order valence-electron chi connectivity index (χ3n) is 8.08. The Morgan fingerprint density at radius 1 is 1.19 bits per heavy atom. The summed E-state index contributed by atoms with van der Waals surface area (Å²) in [5.41, 5.74) is 5.47. The Balaban J connectivity index is 1.68. The summed E-state index contributed by atoms with van der Waals surface area (Å²) in [6.07, 6.45) is 3.16. The molecular weight excluding hydrogens is 478 g/mol. The average molecular weight is 517 g/mol. The maximum Gasteiger partial charge on any atom is 0.225 e. The third-order valence-corrected chi connectivity index (χ3v) is 8.08. The van der Waals surface area contributed by atoms with Crippen LogP contribution < -0.4 is 5.73 Å². The van der Waals surface area contributed by atoms with Gasteiger partial charge in [0.15, 0.2) is 0 Å². The number of unbranched alkanes of at least 4 members (excludes halogenated alkanes) is 1. The van der Waals surface area contributed by atoms with Gasteiger partial charge in [0.2, 0.25) is 5.91 Å². The number of carbonyl (C=O) groups is 1. The standard InChI is InChI=1S/C29H38F2N2O4/c1-37-14-3-2-12-29(36,23-10-5-11-24(31)27(23)19-7-4-9-22(30)15-19)21-8-6-13-33(18-21)28(35)20-16-25(32)26(34)17-20/h4-5,7,9-11,15,20-21,25-26,34,36H,2-3,6,8,12-14,16-18,32H2,1H3/t20-,21?,25+,26-,29-/m0/s1. The Bertz CT molecular complexity index is 1070. The van der Waals surface area contributed by atoms with Crippen LogP contribution in [0.3, 0.4) is 0 Å². The van der Waals surface area contributed by atoms with Crippen molar-refractivity contribution in [2.24, 2.45) is 17.6 Å². The minimum atomic E-state index is -1.44. The van der Waals surface area contributed by atoms with Crippen LogP contribution in [-0.4, -0.2) is 60.0 Å². The summed E-state index contributed by atoms with van der Waals surface area (Å²) < 4.78 is 34.7. The second-order valence-corrected chi connectivity index (χ2v) is 10.6. The number of benzene rings is 2. The number of nitrogens with two attached hydrogens (primary N) is 1. The van der Waals surface area contributed by atoms with E-state index in [-0.39, 0.29) is 23.3 Å². The molecule has 2 aliphatic rings. The number of halogens is 2. The first-order valence-corrected chi connectivity index (χ1v) is 13.2. The van der Waals surface area contributed by atoms with Crippen molar-refractivity contribution in [3.8, 4) is 11.1 Å². The smallest absolute Gasteiger partial charge is 0.225 e. The average Bonchev–Trinajstić information content (AvgIpc) is 3.23. The molecule has 202 valence electrons. The summed E-state index contributed by atoms with van der Waals surface area (Å²) in [6, 6.07) is 9.94. The lowest BCUT2D eigenvalue weighted by Crippen LogP contribution is -2.49. The monoisotopic (exact) mass is 516 g/mol. The number of aliphatic hydroxyl groups excluding tert-OH is 1. The van der Waals surface area contributed by atoms with Gasteiger partial charge in [-0.1, -0.05) is 24.3 Å². The summed E-state index contributed by atoms with van der Waals surface area (Å²) in [5.74, 6) is -1.75. The molecule has 4 N–H and O–H groups in total. The van der Waals surface area contributed by atoms with E-state index in [1.807, 2.05) is 0 Å². The maximum absolute atomic E-state index is 15.3. The minimum absolute atomic E-state index is 0.0528. The number of likely N-dealkylation sites (tertiary alicyclic amines) is 1. The van der Waals surface area contributed by atoms with Crippen molar-refractivity contribution >= 4 is 5.91 Å². The van der Waals surface area contributed by atoms with E-state index in [0.717, 1.165) is 6.42 Å². The Morgan fingerprint density at radius 3 is 2.68 bits per heavy atom. The van der Waals surface area contributed by atoms with Gasteiger partial charge in [-0.15, -0.1) is 0 Å². The van der Waals surface area contributed by atoms with Crippen molar-refractivity contribution in [1.82, 2.24) is 4.90 Å². The lowest BCUT2D eigenvalue weighted by Gasteiger charge is -2.44. The van der Waals surface area contributed by atoms with Gasteiger partial charge in [0, 0.05) is 50.2 Å². The summed E-state index contributed by atoms with van der Waals surface area (Å²) in [5, 5.41) is 22.5. The molecule has 2 aromatic carbocycles. The third kappa shape index (κ3) is 6.03. The number of nitrogens with zero attached hydrogens (tertiary/aromatic N) is 1. The molecule has 1 saturated heterocycles. The summed E-state index contributed by atoms with van der Waals surface area (Å²) >= 11 is 0. The Labute approximate surface area is 217 Å². The minimum Gasteiger partial charge on any atom is -0.391 e. The number of hydrogen-bond donors (Lipinski definition) is 3. The Kier molecular flexibility index (Phi) is 8.95. The van der Waals surface area contributed by atoms with Crippen LogP contribution >= 0.6 is 0 Å². The highest BCUT2D eigenvalue weighted by Crippen LogP contribution is 2.45. The summed E-state index contributed by atoms with van der Waals surface area (Å²) in [7, 11) is 1.62. The molecule has 5 atom stereocenters. The fourth-order valence-electron chi connectivity index (χ4n) is 6.10. The molecule has 1 amide bonds. The van der Waals surface area contributed by atoms with Crippen LogP contribution in [0, 0.1) is 23.5 Å². The molecule has 2 aromatic rings. The molecule has 2 fully saturated rings. The summed E-state index contributed by atoms with van der Waals surface area (Å²) in [4.78, 5) is 15.1. The number of rotatable bonds is 9. The van der Waals surface area contributed by atoms with Crippen molar-refractivity contribution in [2.45, 2.75) is 62.7 Å². The van der Waals surface area contributed by atoms with Crippen LogP contribution in [0.5, 0.6) is 0 Å². The molecule has 0 radical (unpaired) electrons. The van der Waals surface area contributed by atoms with Crippen molar-refractivity contribution in [2.75, 3.05) is 26.8 Å². The molecular formula is C29H38F2N2O4. The number of carbonyl (C=O) groups excluding carboxylic acids is 1. The van der Waals surface area contributed by atoms with E-state index < -0.39 is 29.4 Å². The lowest BCUT2D eigenvalue weighted by atomic mass is 9.72. The van der Waals surface area contributed by atoms with Gasteiger partial charge in [-0.25, -0.2) is 8.78 Å². The molecule has 6 nitrogen and oxygen atoms in total. The van der Waals surface area contributed by atoms with Gasteiger partial charge in [0.1, 0.15) is 11.6 Å². The molecule has 0 bridgehead atoms. The van der Waals surface area contributed by atoms with Gasteiger partial charge < -0.3 is 25.6 Å². The first-order valence-electron chi connectivity index (χ1n) is 13.2. The van der Waals surface area contributed by atoms with Crippen molar-refractivity contribution in [3.63, 3.8) is 0 Å². The second kappa shape index (κ2) is 12.0. The maximum atomic E-state index is 15.3. The number of amides is 1. The molecule has 37 heavy (non-hydrogen) atoms. The molecule has 8 heteroatoms. The SMILES string of the molecule is COCCCC[C@@](O)(c1cccc(F)c1-c1cccc(F)c1)C1CCCN(C(=O)[C@H]2C[C@@H](N)[C@@H](O)C2)C1. The molecule has 0 aromatic heterocycles. The van der Waals surface area contributed by atoms with Crippen molar-refractivity contribution in [3.05, 3.63) is 59.7 Å². The Morgan fingerprint density at radius 2 is 1.97 bits per heavy atom. The zero-order chi connectivity index (χ0) is 26.6. The predicted octanol–water partition coefficient (Wildman–Crippen LogP) is 3.97. The van der Waals surface area contributed by atoms with E-state index in [1.54, 1.807) is 30.2 Å². The van der Waals surface area contributed by atoms with E-state index in [2.05, 4.69) is 0 Å². The van der Waals surface area contributed by atoms with E-state index in [0.29, 0.717) is 69.3 Å². The number of hydrogen-bond acceptors (Lipinski definition) is 5. The fourth-order valence-corrected chi connectivity index (χ4v) is 6.10. The van der Waals surface area contributed by atoms with Gasteiger partial charge in [-0.3, -0.25) is 4.79 Å². The van der Waals surface area contributed by atoms with Gasteiger partial charge in [0.05, 0.1) is 11.7 Å². The molecule has 1 saturated carbocycles. The van der Waals surface area contributed by atoms with Crippen molar-refractivity contribution < 1.29 is 28.5 Å². The molecule has 1 heterocycles. The quantitative estimate of drug-likeness (QED) is 0.439. The van der Waals surface area contributed by atoms with E-state index in [9.17, 15) is 19.4 Å². The highest BCUT2D eigenvalue weighted by Gasteiger charge is 2.44. The van der Waals surface area contributed by atoms with Crippen molar-refractivity contribution in [1.29, 1.82) is 0 Å². The van der Waals surface area contributed by atoms with Crippen LogP contribution in [-0.2, 0) is 15.1 Å². The number of ether oxygens (including phenoxy) is 1. The molecule has 0 spiro atoms. The van der Waals surface area contributed by atoms with E-state index in [4.69, 9.17) is 10.5 Å². The first-order chi connectivity index (χ1) is 17.7. The van der Waals surface area contributed by atoms with E-state index >= 15 is 4.39 Å². The van der Waals surface area contributed by atoms with Gasteiger partial charge >= 0.3 is 0 Å². The number of methoxy groups -OCH3 is 1.